The van der Waals surface area contributed by atoms with Crippen LogP contribution >= 0.6 is 0 Å². The summed E-state index contributed by atoms with van der Waals surface area (Å²) in [6.45, 7) is -1.30. The highest BCUT2D eigenvalue weighted by Crippen LogP contribution is 2.34. The topological polar surface area (TPSA) is 67.4 Å². The van der Waals surface area contributed by atoms with Crippen molar-refractivity contribution in [1.82, 2.24) is 19.6 Å². The number of amides is 4. The molecule has 0 spiro atoms. The van der Waals surface area contributed by atoms with Crippen molar-refractivity contribution in [3.05, 3.63) is 64.7 Å². The summed E-state index contributed by atoms with van der Waals surface area (Å²) in [6.07, 6.45) is -9.76. The monoisotopic (exact) mass is 601 g/mol. The zero-order chi connectivity index (χ0) is 31.4. The number of alkyl halides is 6. The van der Waals surface area contributed by atoms with Gasteiger partial charge in [-0.25, -0.2) is 4.79 Å². The molecule has 0 saturated carbocycles. The molecule has 1 aliphatic rings. The number of nitrogens with zero attached hydrogens (tertiary/aromatic N) is 5. The largest absolute Gasteiger partial charge is 0.471 e. The molecule has 8 nitrogen and oxygen atoms in total. The Bertz CT molecular complexity index is 1300. The third-order valence-electron chi connectivity index (χ3n) is 6.83. The molecule has 0 radical (unpaired) electrons. The van der Waals surface area contributed by atoms with Crippen LogP contribution in [0.25, 0.3) is 0 Å². The van der Waals surface area contributed by atoms with Crippen LogP contribution in [-0.2, 0) is 35.3 Å². The number of likely N-dealkylation sites (N-methyl/N-ethyl adjacent to an activating group) is 1. The molecule has 0 unspecified atom stereocenters. The Kier molecular flexibility index (Phi) is 10.1. The van der Waals surface area contributed by atoms with E-state index >= 15 is 0 Å². The molecule has 0 bridgehead atoms. The van der Waals surface area contributed by atoms with Crippen LogP contribution < -0.4 is 4.90 Å². The Morgan fingerprint density at radius 2 is 1.55 bits per heavy atom. The lowest BCUT2D eigenvalue weighted by atomic mass is 9.97. The van der Waals surface area contributed by atoms with Crippen molar-refractivity contribution < 1.29 is 40.7 Å². The van der Waals surface area contributed by atoms with Gasteiger partial charge in [-0.2, -0.15) is 26.3 Å². The van der Waals surface area contributed by atoms with Crippen LogP contribution in [-0.4, -0.2) is 98.0 Å². The quantitative estimate of drug-likeness (QED) is 0.425. The van der Waals surface area contributed by atoms with Crippen LogP contribution in [0.2, 0.25) is 0 Å². The van der Waals surface area contributed by atoms with Gasteiger partial charge in [-0.15, -0.1) is 0 Å². The zero-order valence-electron chi connectivity index (χ0n) is 23.7. The van der Waals surface area contributed by atoms with Crippen LogP contribution in [0.3, 0.4) is 0 Å². The van der Waals surface area contributed by atoms with Crippen molar-refractivity contribution in [2.75, 3.05) is 59.3 Å². The Balaban J connectivity index is 2.02. The Labute approximate surface area is 240 Å². The van der Waals surface area contributed by atoms with Gasteiger partial charge in [0.25, 0.3) is 0 Å². The van der Waals surface area contributed by atoms with Crippen LogP contribution in [0.15, 0.2) is 42.5 Å². The number of hydrogen-bond donors (Lipinski definition) is 0. The minimum atomic E-state index is -5.35. The summed E-state index contributed by atoms with van der Waals surface area (Å²) in [4.78, 5) is 44.6. The molecule has 0 saturated heterocycles. The summed E-state index contributed by atoms with van der Waals surface area (Å²) < 4.78 is 82.5. The minimum Gasteiger partial charge on any atom is -0.336 e. The summed E-state index contributed by atoms with van der Waals surface area (Å²) >= 11 is 0. The number of carbonyl (C=O) groups is 3. The summed E-state index contributed by atoms with van der Waals surface area (Å²) in [6, 6.07) is 8.65. The number of hydrogen-bond acceptors (Lipinski definition) is 4. The standard InChI is InChI=1S/C28H33F6N5O3/c1-35(2)14-15-37(16-20-8-5-6-10-22(20)27(29,30)31)24(40)18-39(25(41)28(32,33)34)23-11-7-9-19-12-13-38(17-21(19)23)26(42)36(3)4/h5-11H,12-18H2,1-4H3. The van der Waals surface area contributed by atoms with Crippen molar-refractivity contribution >= 4 is 23.5 Å². The molecule has 4 amide bonds. The molecule has 1 heterocycles. The van der Waals surface area contributed by atoms with Gasteiger partial charge in [0.2, 0.25) is 5.91 Å². The first-order chi connectivity index (χ1) is 19.5. The molecule has 2 aromatic carbocycles. The molecule has 2 aromatic rings. The second kappa shape index (κ2) is 13.0. The van der Waals surface area contributed by atoms with Gasteiger partial charge in [-0.1, -0.05) is 30.3 Å². The highest BCUT2D eigenvalue weighted by Gasteiger charge is 2.45. The third-order valence-corrected chi connectivity index (χ3v) is 6.83. The normalized spacial score (nSPS) is 13.5. The summed E-state index contributed by atoms with van der Waals surface area (Å²) in [5.41, 5.74) is -0.500. The van der Waals surface area contributed by atoms with Crippen molar-refractivity contribution in [3.8, 4) is 0 Å². The smallest absolute Gasteiger partial charge is 0.336 e. The molecule has 230 valence electrons. The average molecular weight is 602 g/mol. The molecule has 1 aliphatic heterocycles. The number of urea groups is 1. The highest BCUT2D eigenvalue weighted by atomic mass is 19.4. The van der Waals surface area contributed by atoms with E-state index in [0.29, 0.717) is 23.4 Å². The molecule has 14 heteroatoms. The first-order valence-corrected chi connectivity index (χ1v) is 13.0. The maximum atomic E-state index is 13.8. The molecule has 0 N–H and O–H groups in total. The summed E-state index contributed by atoms with van der Waals surface area (Å²) in [7, 11) is 6.40. The van der Waals surface area contributed by atoms with E-state index in [-0.39, 0.29) is 42.5 Å². The van der Waals surface area contributed by atoms with E-state index in [1.54, 1.807) is 25.1 Å². The summed E-state index contributed by atoms with van der Waals surface area (Å²) in [5, 5.41) is 0. The average Bonchev–Trinajstić information content (AvgIpc) is 2.91. The minimum absolute atomic E-state index is 0.0956. The fourth-order valence-corrected chi connectivity index (χ4v) is 4.67. The van der Waals surface area contributed by atoms with Gasteiger partial charge in [-0.05, 0) is 49.3 Å². The van der Waals surface area contributed by atoms with Gasteiger partial charge in [-0.3, -0.25) is 14.5 Å². The van der Waals surface area contributed by atoms with E-state index in [2.05, 4.69) is 0 Å². The number of fused-ring (bicyclic) bond motifs is 1. The highest BCUT2D eigenvalue weighted by molar-refractivity contribution is 6.02. The lowest BCUT2D eigenvalue weighted by molar-refractivity contribution is -0.170. The van der Waals surface area contributed by atoms with Crippen LogP contribution in [0.4, 0.5) is 36.8 Å². The lowest BCUT2D eigenvalue weighted by Crippen LogP contribution is -2.49. The molecular weight excluding hydrogens is 568 g/mol. The van der Waals surface area contributed by atoms with Gasteiger partial charge in [0.1, 0.15) is 6.54 Å². The Morgan fingerprint density at radius 3 is 2.14 bits per heavy atom. The van der Waals surface area contributed by atoms with Gasteiger partial charge in [0.15, 0.2) is 0 Å². The zero-order valence-corrected chi connectivity index (χ0v) is 23.7. The van der Waals surface area contributed by atoms with Gasteiger partial charge >= 0.3 is 24.3 Å². The van der Waals surface area contributed by atoms with Crippen LogP contribution in [0, 0.1) is 0 Å². The SMILES string of the molecule is CN(C)CCN(Cc1ccccc1C(F)(F)F)C(=O)CN(C(=O)C(F)(F)F)c1cccc2c1CN(C(=O)N(C)C)CC2. The van der Waals surface area contributed by atoms with Crippen molar-refractivity contribution in [2.24, 2.45) is 0 Å². The van der Waals surface area contributed by atoms with E-state index in [0.717, 1.165) is 11.0 Å². The maximum absolute atomic E-state index is 13.8. The van der Waals surface area contributed by atoms with Crippen LogP contribution in [0.5, 0.6) is 0 Å². The molecule has 0 atom stereocenters. The Morgan fingerprint density at radius 1 is 0.881 bits per heavy atom. The molecular formula is C28H33F6N5O3. The first kappa shape index (κ1) is 32.7. The van der Waals surface area contributed by atoms with E-state index in [9.17, 15) is 40.7 Å². The predicted octanol–water partition coefficient (Wildman–Crippen LogP) is 4.23. The van der Waals surface area contributed by atoms with E-state index in [1.807, 2.05) is 0 Å². The van der Waals surface area contributed by atoms with E-state index in [4.69, 9.17) is 0 Å². The number of halogens is 6. The fourth-order valence-electron chi connectivity index (χ4n) is 4.67. The maximum Gasteiger partial charge on any atom is 0.471 e. The second-order valence-corrected chi connectivity index (χ2v) is 10.4. The Hall–Kier alpha value is -3.81. The predicted molar refractivity (Wildman–Crippen MR) is 143 cm³/mol. The first-order valence-electron chi connectivity index (χ1n) is 13.0. The van der Waals surface area contributed by atoms with Gasteiger partial charge in [0, 0.05) is 52.5 Å². The summed E-state index contributed by atoms with van der Waals surface area (Å²) in [5.74, 6) is -3.27. The van der Waals surface area contributed by atoms with E-state index < -0.39 is 42.8 Å². The third kappa shape index (κ3) is 7.93. The van der Waals surface area contributed by atoms with Gasteiger partial charge in [0.05, 0.1) is 5.56 Å². The lowest BCUT2D eigenvalue weighted by Gasteiger charge is -2.35. The van der Waals surface area contributed by atoms with Crippen molar-refractivity contribution in [1.29, 1.82) is 0 Å². The molecule has 0 fully saturated rings. The number of rotatable bonds is 8. The van der Waals surface area contributed by atoms with Crippen molar-refractivity contribution in [3.63, 3.8) is 0 Å². The molecule has 0 aromatic heterocycles. The fraction of sp³-hybridized carbons (Fsp3) is 0.464. The van der Waals surface area contributed by atoms with Crippen molar-refractivity contribution in [2.45, 2.75) is 31.9 Å². The van der Waals surface area contributed by atoms with E-state index in [1.165, 1.54) is 54.2 Å². The second-order valence-electron chi connectivity index (χ2n) is 10.4. The molecule has 42 heavy (non-hydrogen) atoms. The molecule has 3 rings (SSSR count). The molecule has 0 aliphatic carbocycles. The van der Waals surface area contributed by atoms with Crippen LogP contribution in [0.1, 0.15) is 22.3 Å². The number of anilines is 1. The van der Waals surface area contributed by atoms with Gasteiger partial charge < -0.3 is 19.6 Å². The number of carbonyl (C=O) groups excluding carboxylic acids is 3. The number of benzene rings is 2.